The molecule has 5 heteroatoms. The molecule has 0 heterocycles. The molecular formula is C18H25FN4. The Morgan fingerprint density at radius 3 is 2.91 bits per heavy atom. The maximum absolute atomic E-state index is 13.5. The number of rotatable bonds is 5. The molecular weight excluding hydrogens is 291 g/mol. The number of halogens is 1. The van der Waals surface area contributed by atoms with Crippen LogP contribution in [-0.4, -0.2) is 17.8 Å². The fraction of sp³-hybridized carbons (Fsp3) is 0.444. The summed E-state index contributed by atoms with van der Waals surface area (Å²) in [7, 11) is 0. The molecule has 1 aliphatic carbocycles. The number of nitrogens with two attached hydrogens (primary N) is 1. The van der Waals surface area contributed by atoms with Gasteiger partial charge in [0.15, 0.2) is 0 Å². The number of nitrogens with one attached hydrogen (secondary N) is 1. The lowest BCUT2D eigenvalue weighted by Gasteiger charge is -2.15. The van der Waals surface area contributed by atoms with E-state index in [4.69, 9.17) is 5.73 Å². The zero-order valence-corrected chi connectivity index (χ0v) is 14.1. The second-order valence-electron chi connectivity index (χ2n) is 5.98. The van der Waals surface area contributed by atoms with Crippen LogP contribution in [0.25, 0.3) is 0 Å². The summed E-state index contributed by atoms with van der Waals surface area (Å²) in [6, 6.07) is 6.68. The van der Waals surface area contributed by atoms with Crippen molar-refractivity contribution in [2.45, 2.75) is 52.2 Å². The molecule has 1 aromatic rings. The summed E-state index contributed by atoms with van der Waals surface area (Å²) in [5.41, 5.74) is 9.97. The Morgan fingerprint density at radius 1 is 1.48 bits per heavy atom. The largest absolute Gasteiger partial charge is 0.368 e. The molecule has 2 rings (SSSR count). The first-order valence-corrected chi connectivity index (χ1v) is 7.99. The van der Waals surface area contributed by atoms with Crippen LogP contribution in [0, 0.1) is 6.92 Å². The van der Waals surface area contributed by atoms with E-state index in [1.807, 2.05) is 0 Å². The predicted molar refractivity (Wildman–Crippen MR) is 94.4 cm³/mol. The van der Waals surface area contributed by atoms with E-state index in [0.717, 1.165) is 12.8 Å². The van der Waals surface area contributed by atoms with Crippen LogP contribution in [0.4, 0.5) is 4.39 Å². The summed E-state index contributed by atoms with van der Waals surface area (Å²) in [5, 5.41) is 3.28. The summed E-state index contributed by atoms with van der Waals surface area (Å²) < 4.78 is 13.5. The Balaban J connectivity index is 2.04. The van der Waals surface area contributed by atoms with Crippen LogP contribution in [0.3, 0.4) is 0 Å². The highest BCUT2D eigenvalue weighted by Crippen LogP contribution is 2.32. The van der Waals surface area contributed by atoms with E-state index < -0.39 is 6.17 Å². The highest BCUT2D eigenvalue weighted by molar-refractivity contribution is 5.97. The van der Waals surface area contributed by atoms with Gasteiger partial charge in [0.1, 0.15) is 12.0 Å². The second-order valence-corrected chi connectivity index (χ2v) is 5.98. The fourth-order valence-corrected chi connectivity index (χ4v) is 2.81. The first-order valence-electron chi connectivity index (χ1n) is 7.99. The normalized spacial score (nSPS) is 19.4. The third-order valence-electron chi connectivity index (χ3n) is 4.07. The van der Waals surface area contributed by atoms with E-state index >= 15 is 0 Å². The maximum Gasteiger partial charge on any atom is 0.221 e. The van der Waals surface area contributed by atoms with Crippen molar-refractivity contribution in [3.05, 3.63) is 47.3 Å². The molecule has 23 heavy (non-hydrogen) atoms. The molecule has 0 radical (unpaired) electrons. The van der Waals surface area contributed by atoms with Gasteiger partial charge in [-0.1, -0.05) is 37.3 Å². The number of aryl methyl sites for hydroxylation is 2. The number of alkyl halides is 1. The Kier molecular flexibility index (Phi) is 5.53. The second kappa shape index (κ2) is 7.40. The lowest BCUT2D eigenvalue weighted by atomic mass is 10.1. The van der Waals surface area contributed by atoms with Crippen molar-refractivity contribution in [3.8, 4) is 0 Å². The smallest absolute Gasteiger partial charge is 0.221 e. The minimum Gasteiger partial charge on any atom is -0.368 e. The Morgan fingerprint density at radius 2 is 2.22 bits per heavy atom. The van der Waals surface area contributed by atoms with Gasteiger partial charge in [-0.15, -0.1) is 0 Å². The molecule has 3 N–H and O–H groups in total. The van der Waals surface area contributed by atoms with Crippen molar-refractivity contribution in [2.24, 2.45) is 15.7 Å². The van der Waals surface area contributed by atoms with Crippen LogP contribution in [0.5, 0.6) is 0 Å². The van der Waals surface area contributed by atoms with Crippen molar-refractivity contribution >= 4 is 11.7 Å². The molecule has 1 aliphatic rings. The van der Waals surface area contributed by atoms with Crippen LogP contribution in [-0.2, 0) is 6.42 Å². The van der Waals surface area contributed by atoms with Crippen molar-refractivity contribution in [3.63, 3.8) is 0 Å². The summed E-state index contributed by atoms with van der Waals surface area (Å²) in [4.78, 5) is 8.12. The maximum atomic E-state index is 13.5. The number of nitrogens with zero attached hydrogens (tertiary/aromatic N) is 2. The number of benzene rings is 1. The number of hydrogen-bond acceptors (Lipinski definition) is 2. The molecule has 1 unspecified atom stereocenters. The highest BCUT2D eigenvalue weighted by Gasteiger charge is 2.22. The van der Waals surface area contributed by atoms with E-state index in [1.165, 1.54) is 16.7 Å². The Hall–Kier alpha value is -2.17. The molecule has 0 spiro atoms. The van der Waals surface area contributed by atoms with Gasteiger partial charge in [0, 0.05) is 0 Å². The predicted octanol–water partition coefficient (Wildman–Crippen LogP) is 3.57. The molecule has 0 aliphatic heterocycles. The summed E-state index contributed by atoms with van der Waals surface area (Å²) in [6.45, 7) is 9.34. The van der Waals surface area contributed by atoms with Crippen molar-refractivity contribution in [1.82, 2.24) is 5.32 Å². The average Bonchev–Trinajstić information content (AvgIpc) is 2.88. The monoisotopic (exact) mass is 316 g/mol. The van der Waals surface area contributed by atoms with Gasteiger partial charge in [-0.25, -0.2) is 9.38 Å². The van der Waals surface area contributed by atoms with Gasteiger partial charge in [-0.2, -0.15) is 4.99 Å². The summed E-state index contributed by atoms with van der Waals surface area (Å²) in [5.74, 6) is 0.476. The van der Waals surface area contributed by atoms with Crippen LogP contribution in [0.15, 0.2) is 40.6 Å². The van der Waals surface area contributed by atoms with E-state index in [2.05, 4.69) is 47.0 Å². The zero-order chi connectivity index (χ0) is 17.0. The molecule has 0 fully saturated rings. The lowest BCUT2D eigenvalue weighted by Crippen LogP contribution is -2.21. The standard InChI is InChI=1S/C18H25FN4/c1-5-16(19)12(3)21-18(20)23-13(4)22-17-9-8-14-7-6-11(2)10-15(14)17/h6-7,10,16-17,22H,4-5,8-9H2,1-3H3,(H2,20,23)/b21-12+/t16?,17-/m1/s1. The first kappa shape index (κ1) is 17.2. The number of aliphatic imine (C=N–C) groups is 2. The minimum atomic E-state index is -1.09. The van der Waals surface area contributed by atoms with Gasteiger partial charge in [0.25, 0.3) is 0 Å². The Labute approximate surface area is 137 Å². The molecule has 0 amide bonds. The van der Waals surface area contributed by atoms with Crippen LogP contribution < -0.4 is 11.1 Å². The van der Waals surface area contributed by atoms with Gasteiger partial charge in [-0.3, -0.25) is 0 Å². The fourth-order valence-electron chi connectivity index (χ4n) is 2.81. The summed E-state index contributed by atoms with van der Waals surface area (Å²) in [6.07, 6.45) is 1.32. The first-order chi connectivity index (χ1) is 10.9. The lowest BCUT2D eigenvalue weighted by molar-refractivity contribution is 0.413. The quantitative estimate of drug-likeness (QED) is 0.644. The summed E-state index contributed by atoms with van der Waals surface area (Å²) >= 11 is 0. The van der Waals surface area contributed by atoms with Gasteiger partial charge < -0.3 is 11.1 Å². The molecule has 0 saturated carbocycles. The average molecular weight is 316 g/mol. The van der Waals surface area contributed by atoms with Crippen molar-refractivity contribution < 1.29 is 4.39 Å². The molecule has 1 aromatic carbocycles. The number of fused-ring (bicyclic) bond motifs is 1. The molecule has 124 valence electrons. The third kappa shape index (κ3) is 4.41. The van der Waals surface area contributed by atoms with E-state index in [0.29, 0.717) is 18.0 Å². The third-order valence-corrected chi connectivity index (χ3v) is 4.07. The van der Waals surface area contributed by atoms with E-state index in [1.54, 1.807) is 13.8 Å². The molecule has 4 nitrogen and oxygen atoms in total. The Bertz CT molecular complexity index is 648. The van der Waals surface area contributed by atoms with E-state index in [9.17, 15) is 4.39 Å². The highest BCUT2D eigenvalue weighted by atomic mass is 19.1. The van der Waals surface area contributed by atoms with E-state index in [-0.39, 0.29) is 12.0 Å². The molecule has 0 saturated heterocycles. The number of hydrogen-bond donors (Lipinski definition) is 2. The molecule has 0 aromatic heterocycles. The van der Waals surface area contributed by atoms with Gasteiger partial charge in [-0.05, 0) is 44.2 Å². The van der Waals surface area contributed by atoms with Crippen molar-refractivity contribution in [2.75, 3.05) is 0 Å². The van der Waals surface area contributed by atoms with Crippen LogP contribution >= 0.6 is 0 Å². The molecule has 2 atom stereocenters. The number of guanidine groups is 1. The zero-order valence-electron chi connectivity index (χ0n) is 14.1. The van der Waals surface area contributed by atoms with Gasteiger partial charge >= 0.3 is 0 Å². The topological polar surface area (TPSA) is 62.8 Å². The SMILES string of the molecule is C=C(/N=C(N)\N=C(/C)C(F)CC)N[C@@H]1CCc2ccc(C)cc21. The van der Waals surface area contributed by atoms with Gasteiger partial charge in [0.2, 0.25) is 5.96 Å². The van der Waals surface area contributed by atoms with Crippen molar-refractivity contribution in [1.29, 1.82) is 0 Å². The van der Waals surface area contributed by atoms with Crippen LogP contribution in [0.2, 0.25) is 0 Å². The molecule has 0 bridgehead atoms. The minimum absolute atomic E-state index is 0.0264. The van der Waals surface area contributed by atoms with Gasteiger partial charge in [0.05, 0.1) is 11.8 Å². The van der Waals surface area contributed by atoms with Crippen LogP contribution in [0.1, 0.15) is 49.4 Å².